The molecule has 0 saturated carbocycles. The minimum absolute atomic E-state index is 0.121. The van der Waals surface area contributed by atoms with Crippen molar-refractivity contribution in [1.82, 2.24) is 15.4 Å². The number of nitrogens with zero attached hydrogens (tertiary/aromatic N) is 3. The molecule has 3 aromatic rings. The summed E-state index contributed by atoms with van der Waals surface area (Å²) in [5, 5.41) is 18.2. The molecule has 11 heteroatoms. The SMILES string of the molecule is N#Cc1[nH]nnc1-c1cc(OCc2ccccc2C(F)(F)F)cc(C(F)(F)F)c1. The highest BCUT2D eigenvalue weighted by molar-refractivity contribution is 5.67. The van der Waals surface area contributed by atoms with Crippen LogP contribution in [-0.2, 0) is 19.0 Å². The van der Waals surface area contributed by atoms with Gasteiger partial charge in [-0.05, 0) is 24.3 Å². The van der Waals surface area contributed by atoms with Crippen LogP contribution in [0.25, 0.3) is 11.3 Å². The van der Waals surface area contributed by atoms with Crippen LogP contribution in [0.5, 0.6) is 5.75 Å². The summed E-state index contributed by atoms with van der Waals surface area (Å²) >= 11 is 0. The molecule has 150 valence electrons. The van der Waals surface area contributed by atoms with Crippen molar-refractivity contribution >= 4 is 0 Å². The number of rotatable bonds is 4. The van der Waals surface area contributed by atoms with Gasteiger partial charge in [0.25, 0.3) is 0 Å². The third-order valence-corrected chi connectivity index (χ3v) is 3.88. The Hall–Kier alpha value is -3.55. The van der Waals surface area contributed by atoms with Gasteiger partial charge in [-0.15, -0.1) is 5.10 Å². The molecule has 1 N–H and O–H groups in total. The fourth-order valence-corrected chi connectivity index (χ4v) is 2.57. The zero-order chi connectivity index (χ0) is 21.2. The van der Waals surface area contributed by atoms with E-state index in [9.17, 15) is 26.3 Å². The van der Waals surface area contributed by atoms with E-state index in [-0.39, 0.29) is 28.3 Å². The average Bonchev–Trinajstić information content (AvgIpc) is 3.14. The second-order valence-corrected chi connectivity index (χ2v) is 5.83. The maximum atomic E-state index is 13.2. The van der Waals surface area contributed by atoms with Crippen LogP contribution in [0.4, 0.5) is 26.3 Å². The van der Waals surface area contributed by atoms with E-state index in [1.807, 2.05) is 0 Å². The summed E-state index contributed by atoms with van der Waals surface area (Å²) in [6.07, 6.45) is -9.39. The fourth-order valence-electron chi connectivity index (χ4n) is 2.57. The van der Waals surface area contributed by atoms with Gasteiger partial charge in [-0.3, -0.25) is 0 Å². The summed E-state index contributed by atoms with van der Waals surface area (Å²) < 4.78 is 84.2. The molecule has 5 nitrogen and oxygen atoms in total. The number of aromatic nitrogens is 3. The van der Waals surface area contributed by atoms with Crippen LogP contribution in [0.2, 0.25) is 0 Å². The Morgan fingerprint density at radius 1 is 1.00 bits per heavy atom. The zero-order valence-corrected chi connectivity index (χ0v) is 14.3. The monoisotopic (exact) mass is 412 g/mol. The van der Waals surface area contributed by atoms with Crippen molar-refractivity contribution in [2.45, 2.75) is 19.0 Å². The standard InChI is InChI=1S/C18H10F6N4O/c19-17(20,21)12-5-11(16-15(8-25)26-28-27-16)6-13(7-12)29-9-10-3-1-2-4-14(10)18(22,23)24/h1-7H,9H2,(H,26,27,28). The van der Waals surface area contributed by atoms with Crippen molar-refractivity contribution in [3.8, 4) is 23.1 Å². The lowest BCUT2D eigenvalue weighted by Gasteiger charge is -2.15. The first-order valence-electron chi connectivity index (χ1n) is 7.91. The molecule has 0 unspecified atom stereocenters. The van der Waals surface area contributed by atoms with Crippen LogP contribution in [0, 0.1) is 11.3 Å². The lowest BCUT2D eigenvalue weighted by molar-refractivity contribution is -0.138. The molecule has 0 aliphatic rings. The Bertz CT molecular complexity index is 1070. The molecule has 0 atom stereocenters. The van der Waals surface area contributed by atoms with E-state index >= 15 is 0 Å². The lowest BCUT2D eigenvalue weighted by atomic mass is 10.1. The molecule has 1 heterocycles. The third kappa shape index (κ3) is 4.48. The molecule has 0 bridgehead atoms. The molecule has 0 aliphatic carbocycles. The number of H-pyrrole nitrogens is 1. The van der Waals surface area contributed by atoms with E-state index in [2.05, 4.69) is 15.4 Å². The van der Waals surface area contributed by atoms with E-state index in [0.717, 1.165) is 18.2 Å². The van der Waals surface area contributed by atoms with Gasteiger partial charge in [-0.1, -0.05) is 23.4 Å². The number of ether oxygens (including phenoxy) is 1. The molecule has 29 heavy (non-hydrogen) atoms. The van der Waals surface area contributed by atoms with Crippen LogP contribution in [0.3, 0.4) is 0 Å². The zero-order valence-electron chi connectivity index (χ0n) is 14.3. The molecule has 0 fully saturated rings. The Balaban J connectivity index is 1.98. The van der Waals surface area contributed by atoms with Gasteiger partial charge in [0, 0.05) is 11.1 Å². The first kappa shape index (κ1) is 20.2. The summed E-state index contributed by atoms with van der Waals surface area (Å²) in [6.45, 7) is -0.611. The Morgan fingerprint density at radius 3 is 2.38 bits per heavy atom. The molecular weight excluding hydrogens is 402 g/mol. The molecule has 0 aliphatic heterocycles. The molecule has 2 aromatic carbocycles. The minimum atomic E-state index is -4.76. The summed E-state index contributed by atoms with van der Waals surface area (Å²) in [5.74, 6) is -0.335. The van der Waals surface area contributed by atoms with Gasteiger partial charge in [0.05, 0.1) is 11.1 Å². The molecular formula is C18H10F6N4O. The second-order valence-electron chi connectivity index (χ2n) is 5.83. The van der Waals surface area contributed by atoms with E-state index < -0.39 is 30.1 Å². The Labute approximate surface area is 159 Å². The van der Waals surface area contributed by atoms with Crippen LogP contribution in [0.15, 0.2) is 42.5 Å². The van der Waals surface area contributed by atoms with E-state index in [1.54, 1.807) is 6.07 Å². The highest BCUT2D eigenvalue weighted by atomic mass is 19.4. The number of alkyl halides is 6. The predicted octanol–water partition coefficient (Wildman–Crippen LogP) is 4.96. The first-order valence-corrected chi connectivity index (χ1v) is 7.91. The van der Waals surface area contributed by atoms with Crippen LogP contribution in [0.1, 0.15) is 22.4 Å². The number of nitriles is 1. The van der Waals surface area contributed by atoms with Gasteiger partial charge in [0.15, 0.2) is 5.69 Å². The van der Waals surface area contributed by atoms with Crippen molar-refractivity contribution in [3.63, 3.8) is 0 Å². The van der Waals surface area contributed by atoms with Gasteiger partial charge in [0.2, 0.25) is 0 Å². The third-order valence-electron chi connectivity index (χ3n) is 3.88. The average molecular weight is 412 g/mol. The minimum Gasteiger partial charge on any atom is -0.489 e. The van der Waals surface area contributed by atoms with Crippen molar-refractivity contribution < 1.29 is 31.1 Å². The van der Waals surface area contributed by atoms with Gasteiger partial charge < -0.3 is 4.74 Å². The van der Waals surface area contributed by atoms with Gasteiger partial charge in [0.1, 0.15) is 24.1 Å². The summed E-state index contributed by atoms with van der Waals surface area (Å²) in [6, 6.07) is 8.83. The molecule has 0 saturated heterocycles. The van der Waals surface area contributed by atoms with Crippen LogP contribution < -0.4 is 4.74 Å². The maximum absolute atomic E-state index is 13.2. The number of hydrogen-bond donors (Lipinski definition) is 1. The van der Waals surface area contributed by atoms with Crippen molar-refractivity contribution in [2.24, 2.45) is 0 Å². The predicted molar refractivity (Wildman–Crippen MR) is 87.3 cm³/mol. The number of halogens is 6. The summed E-state index contributed by atoms with van der Waals surface area (Å²) in [7, 11) is 0. The van der Waals surface area contributed by atoms with E-state index in [0.29, 0.717) is 6.07 Å². The summed E-state index contributed by atoms with van der Waals surface area (Å²) in [4.78, 5) is 0. The number of hydrogen-bond acceptors (Lipinski definition) is 4. The maximum Gasteiger partial charge on any atom is 0.416 e. The van der Waals surface area contributed by atoms with Crippen LogP contribution in [-0.4, -0.2) is 15.4 Å². The summed E-state index contributed by atoms with van der Waals surface area (Å²) in [5.41, 5.74) is -2.73. The smallest absolute Gasteiger partial charge is 0.416 e. The highest BCUT2D eigenvalue weighted by Gasteiger charge is 2.34. The molecule has 0 radical (unpaired) electrons. The van der Waals surface area contributed by atoms with E-state index in [1.165, 1.54) is 18.2 Å². The highest BCUT2D eigenvalue weighted by Crippen LogP contribution is 2.37. The van der Waals surface area contributed by atoms with Gasteiger partial charge >= 0.3 is 12.4 Å². The first-order chi connectivity index (χ1) is 13.6. The normalized spacial score (nSPS) is 11.9. The van der Waals surface area contributed by atoms with Gasteiger partial charge in [-0.25, -0.2) is 5.10 Å². The molecule has 1 aromatic heterocycles. The van der Waals surface area contributed by atoms with Crippen LogP contribution >= 0.6 is 0 Å². The topological polar surface area (TPSA) is 74.6 Å². The number of nitrogens with one attached hydrogen (secondary N) is 1. The van der Waals surface area contributed by atoms with Crippen molar-refractivity contribution in [3.05, 3.63) is 64.8 Å². The Kier molecular flexibility index (Phi) is 5.19. The largest absolute Gasteiger partial charge is 0.489 e. The quantitative estimate of drug-likeness (QED) is 0.615. The van der Waals surface area contributed by atoms with Crippen molar-refractivity contribution in [1.29, 1.82) is 5.26 Å². The Morgan fingerprint density at radius 2 is 1.72 bits per heavy atom. The molecule has 3 rings (SSSR count). The van der Waals surface area contributed by atoms with E-state index in [4.69, 9.17) is 10.00 Å². The molecule has 0 spiro atoms. The fraction of sp³-hybridized carbons (Fsp3) is 0.167. The number of aromatic amines is 1. The molecule has 0 amide bonds. The number of benzene rings is 2. The lowest BCUT2D eigenvalue weighted by Crippen LogP contribution is -2.11. The van der Waals surface area contributed by atoms with Crippen molar-refractivity contribution in [2.75, 3.05) is 0 Å². The second kappa shape index (κ2) is 7.46. The van der Waals surface area contributed by atoms with Gasteiger partial charge in [-0.2, -0.15) is 31.6 Å².